The number of rotatable bonds is 3. The Labute approximate surface area is 96.0 Å². The molecular weight excluding hydrogens is 267 g/mol. The van der Waals surface area contributed by atoms with E-state index in [1.807, 2.05) is 13.0 Å². The van der Waals surface area contributed by atoms with Crippen LogP contribution in [0.1, 0.15) is 16.7 Å². The van der Waals surface area contributed by atoms with Crippen LogP contribution in [0.25, 0.3) is 0 Å². The minimum Gasteiger partial charge on any atom is -0.481 e. The van der Waals surface area contributed by atoms with Crippen LogP contribution in [-0.2, 0) is 16.5 Å². The molecule has 0 unspecified atom stereocenters. The maximum atomic E-state index is 10.6. The molecule has 1 aromatic rings. The van der Waals surface area contributed by atoms with E-state index in [0.717, 1.165) is 11.1 Å². The van der Waals surface area contributed by atoms with Crippen molar-refractivity contribution >= 4 is 33.5 Å². The number of carboxylic acid groups (broad SMARTS) is 1. The van der Waals surface area contributed by atoms with Crippen molar-refractivity contribution in [1.82, 2.24) is 0 Å². The van der Waals surface area contributed by atoms with E-state index in [1.54, 1.807) is 6.07 Å². The summed E-state index contributed by atoms with van der Waals surface area (Å²) >= 11 is 9.29. The predicted octanol–water partition coefficient (Wildman–Crippen LogP) is 3.17. The Hall–Kier alpha value is -0.540. The van der Waals surface area contributed by atoms with Crippen LogP contribution < -0.4 is 0 Å². The summed E-state index contributed by atoms with van der Waals surface area (Å²) in [6.07, 6.45) is -0.0277. The van der Waals surface area contributed by atoms with Crippen LogP contribution in [0, 0.1) is 6.92 Å². The van der Waals surface area contributed by atoms with Gasteiger partial charge in [0, 0.05) is 10.4 Å². The van der Waals surface area contributed by atoms with Crippen LogP contribution in [-0.4, -0.2) is 11.1 Å². The maximum absolute atomic E-state index is 10.6. The second-order valence-electron chi connectivity index (χ2n) is 3.09. The number of hydrogen-bond donors (Lipinski definition) is 1. The second-order valence-corrected chi connectivity index (χ2v) is 4.06. The number of aryl methyl sites for hydroxylation is 1. The molecule has 0 saturated heterocycles. The van der Waals surface area contributed by atoms with Gasteiger partial charge in [0.15, 0.2) is 0 Å². The molecule has 0 aliphatic rings. The first kappa shape index (κ1) is 11.5. The van der Waals surface area contributed by atoms with Crippen LogP contribution in [0.4, 0.5) is 0 Å². The van der Waals surface area contributed by atoms with Crippen LogP contribution in [0.5, 0.6) is 0 Å². The SMILES string of the molecule is Cc1cc(Cl)c(CC(=O)O)c(CBr)c1. The minimum absolute atomic E-state index is 0.0277. The Balaban J connectivity index is 3.18. The standard InChI is InChI=1S/C10H10BrClO2/c1-6-2-7(5-11)8(4-10(13)14)9(12)3-6/h2-3H,4-5H2,1H3,(H,13,14). The zero-order chi connectivity index (χ0) is 10.7. The summed E-state index contributed by atoms with van der Waals surface area (Å²) in [7, 11) is 0. The Morgan fingerprint density at radius 1 is 1.57 bits per heavy atom. The van der Waals surface area contributed by atoms with Crippen molar-refractivity contribution in [2.75, 3.05) is 0 Å². The van der Waals surface area contributed by atoms with Crippen LogP contribution in [0.15, 0.2) is 12.1 Å². The smallest absolute Gasteiger partial charge is 0.307 e. The first-order valence-electron chi connectivity index (χ1n) is 4.10. The molecule has 0 saturated carbocycles. The van der Waals surface area contributed by atoms with Gasteiger partial charge in [-0.15, -0.1) is 0 Å². The molecule has 0 aliphatic heterocycles. The molecule has 4 heteroatoms. The van der Waals surface area contributed by atoms with Gasteiger partial charge in [-0.1, -0.05) is 33.6 Å². The summed E-state index contributed by atoms with van der Waals surface area (Å²) < 4.78 is 0. The molecule has 0 heterocycles. The normalized spacial score (nSPS) is 10.2. The van der Waals surface area contributed by atoms with Gasteiger partial charge in [0.05, 0.1) is 6.42 Å². The van der Waals surface area contributed by atoms with E-state index >= 15 is 0 Å². The topological polar surface area (TPSA) is 37.3 Å². The molecule has 0 bridgehead atoms. The fourth-order valence-corrected chi connectivity index (χ4v) is 2.17. The van der Waals surface area contributed by atoms with Gasteiger partial charge in [0.1, 0.15) is 0 Å². The highest BCUT2D eigenvalue weighted by molar-refractivity contribution is 9.08. The van der Waals surface area contributed by atoms with Gasteiger partial charge in [-0.3, -0.25) is 4.79 Å². The molecule has 0 aliphatic carbocycles. The average Bonchev–Trinajstić information content (AvgIpc) is 2.08. The zero-order valence-electron chi connectivity index (χ0n) is 7.68. The number of carboxylic acids is 1. The third-order valence-electron chi connectivity index (χ3n) is 1.90. The molecule has 0 radical (unpaired) electrons. The Kier molecular flexibility index (Phi) is 3.96. The predicted molar refractivity (Wildman–Crippen MR) is 60.2 cm³/mol. The van der Waals surface area contributed by atoms with E-state index in [-0.39, 0.29) is 6.42 Å². The van der Waals surface area contributed by atoms with Crippen molar-refractivity contribution in [2.24, 2.45) is 0 Å². The number of aliphatic carboxylic acids is 1. The quantitative estimate of drug-likeness (QED) is 0.862. The fraction of sp³-hybridized carbons (Fsp3) is 0.300. The largest absolute Gasteiger partial charge is 0.481 e. The lowest BCUT2D eigenvalue weighted by molar-refractivity contribution is -0.136. The zero-order valence-corrected chi connectivity index (χ0v) is 10.0. The van der Waals surface area contributed by atoms with E-state index in [0.29, 0.717) is 15.9 Å². The lowest BCUT2D eigenvalue weighted by Gasteiger charge is -2.08. The first-order valence-corrected chi connectivity index (χ1v) is 5.60. The molecule has 1 aromatic carbocycles. The van der Waals surface area contributed by atoms with Crippen molar-refractivity contribution in [2.45, 2.75) is 18.7 Å². The van der Waals surface area contributed by atoms with Crippen LogP contribution >= 0.6 is 27.5 Å². The van der Waals surface area contributed by atoms with E-state index in [1.165, 1.54) is 0 Å². The van der Waals surface area contributed by atoms with Crippen molar-refractivity contribution in [3.63, 3.8) is 0 Å². The molecular formula is C10H10BrClO2. The van der Waals surface area contributed by atoms with Gasteiger partial charge in [0.25, 0.3) is 0 Å². The number of halogens is 2. The monoisotopic (exact) mass is 276 g/mol. The van der Waals surface area contributed by atoms with Crippen LogP contribution in [0.3, 0.4) is 0 Å². The number of hydrogen-bond acceptors (Lipinski definition) is 1. The second kappa shape index (κ2) is 4.80. The highest BCUT2D eigenvalue weighted by atomic mass is 79.9. The average molecular weight is 278 g/mol. The van der Waals surface area contributed by atoms with Crippen molar-refractivity contribution in [1.29, 1.82) is 0 Å². The van der Waals surface area contributed by atoms with Crippen molar-refractivity contribution in [3.8, 4) is 0 Å². The summed E-state index contributed by atoms with van der Waals surface area (Å²) in [5.74, 6) is -0.863. The summed E-state index contributed by atoms with van der Waals surface area (Å²) in [6.45, 7) is 1.93. The molecule has 76 valence electrons. The van der Waals surface area contributed by atoms with E-state index in [9.17, 15) is 4.79 Å². The number of benzene rings is 1. The molecule has 14 heavy (non-hydrogen) atoms. The highest BCUT2D eigenvalue weighted by Crippen LogP contribution is 2.24. The van der Waals surface area contributed by atoms with Gasteiger partial charge in [-0.25, -0.2) is 0 Å². The first-order chi connectivity index (χ1) is 6.54. The summed E-state index contributed by atoms with van der Waals surface area (Å²) in [5.41, 5.74) is 2.68. The van der Waals surface area contributed by atoms with E-state index < -0.39 is 5.97 Å². The molecule has 1 N–H and O–H groups in total. The fourth-order valence-electron chi connectivity index (χ4n) is 1.31. The molecule has 0 fully saturated rings. The third kappa shape index (κ3) is 2.72. The maximum Gasteiger partial charge on any atom is 0.307 e. The lowest BCUT2D eigenvalue weighted by Crippen LogP contribution is -2.04. The van der Waals surface area contributed by atoms with Crippen molar-refractivity contribution in [3.05, 3.63) is 33.8 Å². The molecule has 0 spiro atoms. The van der Waals surface area contributed by atoms with E-state index in [4.69, 9.17) is 16.7 Å². The summed E-state index contributed by atoms with van der Waals surface area (Å²) in [4.78, 5) is 10.6. The van der Waals surface area contributed by atoms with Crippen molar-refractivity contribution < 1.29 is 9.90 Å². The lowest BCUT2D eigenvalue weighted by atomic mass is 10.0. The molecule has 0 atom stereocenters. The highest BCUT2D eigenvalue weighted by Gasteiger charge is 2.10. The van der Waals surface area contributed by atoms with E-state index in [2.05, 4.69) is 15.9 Å². The Bertz CT molecular complexity index is 363. The molecule has 2 nitrogen and oxygen atoms in total. The Morgan fingerprint density at radius 2 is 2.21 bits per heavy atom. The minimum atomic E-state index is -0.863. The summed E-state index contributed by atoms with van der Waals surface area (Å²) in [5, 5.41) is 9.86. The number of alkyl halides is 1. The van der Waals surface area contributed by atoms with Gasteiger partial charge in [-0.2, -0.15) is 0 Å². The van der Waals surface area contributed by atoms with Gasteiger partial charge >= 0.3 is 5.97 Å². The third-order valence-corrected chi connectivity index (χ3v) is 2.85. The molecule has 0 aromatic heterocycles. The van der Waals surface area contributed by atoms with Crippen LogP contribution in [0.2, 0.25) is 5.02 Å². The van der Waals surface area contributed by atoms with Gasteiger partial charge < -0.3 is 5.11 Å². The number of carbonyl (C=O) groups is 1. The summed E-state index contributed by atoms with van der Waals surface area (Å²) in [6, 6.07) is 3.73. The van der Waals surface area contributed by atoms with Gasteiger partial charge in [-0.05, 0) is 29.7 Å². The molecule has 0 amide bonds. The molecule has 1 rings (SSSR count). The van der Waals surface area contributed by atoms with Gasteiger partial charge in [0.2, 0.25) is 0 Å². The Morgan fingerprint density at radius 3 is 2.71 bits per heavy atom.